The molecular weight excluding hydrogens is 374 g/mol. The first-order valence-electron chi connectivity index (χ1n) is 9.17. The van der Waals surface area contributed by atoms with Gasteiger partial charge in [0.05, 0.1) is 11.4 Å². The molecule has 5 nitrogen and oxygen atoms in total. The second kappa shape index (κ2) is 8.65. The van der Waals surface area contributed by atoms with E-state index in [0.29, 0.717) is 11.6 Å². The summed E-state index contributed by atoms with van der Waals surface area (Å²) in [6.45, 7) is 6.79. The van der Waals surface area contributed by atoms with Gasteiger partial charge in [0.15, 0.2) is 0 Å². The number of alkyl halides is 2. The van der Waals surface area contributed by atoms with Gasteiger partial charge < -0.3 is 10.6 Å². The molecule has 152 valence electrons. The van der Waals surface area contributed by atoms with Gasteiger partial charge >= 0.3 is 5.76 Å². The van der Waals surface area contributed by atoms with Crippen LogP contribution < -0.4 is 10.6 Å². The van der Waals surface area contributed by atoms with Crippen molar-refractivity contribution in [1.29, 1.82) is 0 Å². The molecule has 0 radical (unpaired) electrons. The van der Waals surface area contributed by atoms with Crippen molar-refractivity contribution in [2.75, 3.05) is 11.9 Å². The van der Waals surface area contributed by atoms with Gasteiger partial charge in [0.2, 0.25) is 15.7 Å². The van der Waals surface area contributed by atoms with Gasteiger partial charge in [-0.3, -0.25) is 4.79 Å². The molecule has 2 rings (SSSR count). The molecule has 0 aromatic heterocycles. The summed E-state index contributed by atoms with van der Waals surface area (Å²) in [5.74, 6) is -3.22. The maximum absolute atomic E-state index is 12.5. The van der Waals surface area contributed by atoms with Crippen molar-refractivity contribution in [3.8, 4) is 0 Å². The molecule has 27 heavy (non-hydrogen) atoms. The Morgan fingerprint density at radius 3 is 2.30 bits per heavy atom. The molecule has 0 bridgehead atoms. The predicted octanol–water partition coefficient (Wildman–Crippen LogP) is 3.82. The van der Waals surface area contributed by atoms with E-state index in [0.717, 1.165) is 31.4 Å². The van der Waals surface area contributed by atoms with E-state index in [9.17, 15) is 22.0 Å². The smallest absolute Gasteiger partial charge is 0.325 e. The largest absolute Gasteiger partial charge is 0.341 e. The van der Waals surface area contributed by atoms with Crippen LogP contribution >= 0.6 is 0 Å². The molecule has 2 atom stereocenters. The average molecular weight is 403 g/mol. The van der Waals surface area contributed by atoms with E-state index < -0.39 is 20.5 Å². The first kappa shape index (κ1) is 21.8. The number of carbonyl (C=O) groups excluding carboxylic acids is 1. The fraction of sp³-hybridized carbons (Fsp3) is 0.632. The minimum Gasteiger partial charge on any atom is -0.325 e. The molecular formula is C19H28F2N2O3S. The summed E-state index contributed by atoms with van der Waals surface area (Å²) in [6.07, 6.45) is 4.53. The van der Waals surface area contributed by atoms with Crippen molar-refractivity contribution in [3.63, 3.8) is 0 Å². The number of rotatable bonds is 6. The van der Waals surface area contributed by atoms with Gasteiger partial charge in [-0.2, -0.15) is 8.78 Å². The Morgan fingerprint density at radius 1 is 1.15 bits per heavy atom. The van der Waals surface area contributed by atoms with Crippen molar-refractivity contribution in [2.45, 2.75) is 63.1 Å². The van der Waals surface area contributed by atoms with Crippen molar-refractivity contribution in [2.24, 2.45) is 11.3 Å². The molecule has 2 N–H and O–H groups in total. The molecule has 2 unspecified atom stereocenters. The predicted molar refractivity (Wildman–Crippen MR) is 101 cm³/mol. The summed E-state index contributed by atoms with van der Waals surface area (Å²) >= 11 is 0. The zero-order valence-corrected chi connectivity index (χ0v) is 16.8. The van der Waals surface area contributed by atoms with Crippen LogP contribution in [0, 0.1) is 11.3 Å². The maximum Gasteiger partial charge on any atom is 0.341 e. The van der Waals surface area contributed by atoms with Gasteiger partial charge in [0, 0.05) is 11.7 Å². The molecule has 1 fully saturated rings. The SMILES string of the molecule is CC(C)(C)C1CCCCC1NCC(=O)Nc1ccc(S(=O)(=O)C(F)F)cc1. The van der Waals surface area contributed by atoms with Crippen LogP contribution in [0.2, 0.25) is 0 Å². The Morgan fingerprint density at radius 2 is 1.74 bits per heavy atom. The van der Waals surface area contributed by atoms with E-state index in [4.69, 9.17) is 0 Å². The molecule has 1 aliphatic rings. The van der Waals surface area contributed by atoms with E-state index in [2.05, 4.69) is 31.4 Å². The van der Waals surface area contributed by atoms with Crippen LogP contribution in [0.5, 0.6) is 0 Å². The number of amides is 1. The quantitative estimate of drug-likeness (QED) is 0.759. The summed E-state index contributed by atoms with van der Waals surface area (Å²) in [4.78, 5) is 11.7. The molecule has 1 aliphatic carbocycles. The van der Waals surface area contributed by atoms with Gasteiger partial charge in [-0.05, 0) is 48.4 Å². The van der Waals surface area contributed by atoms with Gasteiger partial charge in [0.25, 0.3) is 0 Å². The van der Waals surface area contributed by atoms with Gasteiger partial charge in [-0.25, -0.2) is 8.42 Å². The molecule has 0 spiro atoms. The highest BCUT2D eigenvalue weighted by Gasteiger charge is 2.34. The number of carbonyl (C=O) groups is 1. The standard InChI is InChI=1S/C19H28F2N2O3S/c1-19(2,3)15-6-4-5-7-16(15)22-12-17(24)23-13-8-10-14(11-9-13)27(25,26)18(20)21/h8-11,15-16,18,22H,4-7,12H2,1-3H3,(H,23,24). The lowest BCUT2D eigenvalue weighted by molar-refractivity contribution is -0.115. The number of nitrogens with one attached hydrogen (secondary N) is 2. The second-order valence-corrected chi connectivity index (χ2v) is 10.0. The number of benzene rings is 1. The number of sulfone groups is 1. The van der Waals surface area contributed by atoms with Crippen molar-refractivity contribution in [3.05, 3.63) is 24.3 Å². The van der Waals surface area contributed by atoms with Crippen LogP contribution in [0.3, 0.4) is 0 Å². The van der Waals surface area contributed by atoms with E-state index in [1.807, 2.05) is 0 Å². The van der Waals surface area contributed by atoms with Gasteiger partial charge in [-0.15, -0.1) is 0 Å². The molecule has 1 saturated carbocycles. The van der Waals surface area contributed by atoms with Crippen LogP contribution in [-0.4, -0.2) is 32.7 Å². The maximum atomic E-state index is 12.5. The topological polar surface area (TPSA) is 75.3 Å². The fourth-order valence-electron chi connectivity index (χ4n) is 3.67. The Kier molecular flexibility index (Phi) is 6.97. The molecule has 1 aromatic carbocycles. The van der Waals surface area contributed by atoms with Gasteiger partial charge in [-0.1, -0.05) is 33.6 Å². The molecule has 0 heterocycles. The van der Waals surface area contributed by atoms with Crippen LogP contribution in [0.1, 0.15) is 46.5 Å². The zero-order valence-electron chi connectivity index (χ0n) is 16.0. The highest BCUT2D eigenvalue weighted by atomic mass is 32.2. The first-order chi connectivity index (χ1) is 12.5. The Bertz CT molecular complexity index is 743. The molecule has 0 saturated heterocycles. The number of halogens is 2. The van der Waals surface area contributed by atoms with E-state index in [1.54, 1.807) is 0 Å². The highest BCUT2D eigenvalue weighted by molar-refractivity contribution is 7.91. The van der Waals surface area contributed by atoms with E-state index >= 15 is 0 Å². The Balaban J connectivity index is 1.92. The summed E-state index contributed by atoms with van der Waals surface area (Å²) in [5.41, 5.74) is 0.534. The monoisotopic (exact) mass is 402 g/mol. The van der Waals surface area contributed by atoms with Crippen LogP contribution in [-0.2, 0) is 14.6 Å². The highest BCUT2D eigenvalue weighted by Crippen LogP contribution is 2.37. The van der Waals surface area contributed by atoms with Crippen molar-refractivity contribution >= 4 is 21.4 Å². The zero-order chi connectivity index (χ0) is 20.2. The lowest BCUT2D eigenvalue weighted by atomic mass is 9.69. The fourth-order valence-corrected chi connectivity index (χ4v) is 4.39. The lowest BCUT2D eigenvalue weighted by Gasteiger charge is -2.40. The Hall–Kier alpha value is -1.54. The third-order valence-corrected chi connectivity index (χ3v) is 6.50. The summed E-state index contributed by atoms with van der Waals surface area (Å²) in [7, 11) is -4.63. The molecule has 0 aliphatic heterocycles. The Labute approximate surface area is 159 Å². The second-order valence-electron chi connectivity index (χ2n) is 8.12. The number of hydrogen-bond donors (Lipinski definition) is 2. The summed E-state index contributed by atoms with van der Waals surface area (Å²) in [6, 6.07) is 5.04. The summed E-state index contributed by atoms with van der Waals surface area (Å²) < 4.78 is 47.9. The third-order valence-electron chi connectivity index (χ3n) is 5.10. The minimum atomic E-state index is -4.63. The van der Waals surface area contributed by atoms with Crippen LogP contribution in [0.25, 0.3) is 0 Å². The minimum absolute atomic E-state index is 0.147. The van der Waals surface area contributed by atoms with Crippen molar-refractivity contribution in [1.82, 2.24) is 5.32 Å². The average Bonchev–Trinajstić information content (AvgIpc) is 2.60. The number of hydrogen-bond acceptors (Lipinski definition) is 4. The van der Waals surface area contributed by atoms with E-state index in [-0.39, 0.29) is 23.9 Å². The van der Waals surface area contributed by atoms with Crippen LogP contribution in [0.4, 0.5) is 14.5 Å². The number of anilines is 1. The normalized spacial score (nSPS) is 21.3. The third kappa shape index (κ3) is 5.72. The molecule has 1 amide bonds. The molecule has 8 heteroatoms. The summed E-state index contributed by atoms with van der Waals surface area (Å²) in [5, 5.41) is 6.00. The van der Waals surface area contributed by atoms with Gasteiger partial charge in [0.1, 0.15) is 0 Å². The molecule has 1 aromatic rings. The van der Waals surface area contributed by atoms with Crippen molar-refractivity contribution < 1.29 is 22.0 Å². The van der Waals surface area contributed by atoms with E-state index in [1.165, 1.54) is 18.6 Å². The van der Waals surface area contributed by atoms with Crippen LogP contribution in [0.15, 0.2) is 29.2 Å². The lowest BCUT2D eigenvalue weighted by Crippen LogP contribution is -2.46. The first-order valence-corrected chi connectivity index (χ1v) is 10.7.